The Labute approximate surface area is 178 Å². The number of aromatic nitrogens is 5. The minimum Gasteiger partial charge on any atom is -0.497 e. The summed E-state index contributed by atoms with van der Waals surface area (Å²) in [5, 5.41) is 12.7. The largest absolute Gasteiger partial charge is 0.497 e. The SMILES string of the molecule is COc1ccc(C2Cn3nnc(-c4noc(Cc5ccccc5OC)n4)c3CO2)cc1. The average Bonchev–Trinajstić information content (AvgIpc) is 3.45. The molecule has 0 aliphatic carbocycles. The Morgan fingerprint density at radius 2 is 1.90 bits per heavy atom. The van der Waals surface area contributed by atoms with Gasteiger partial charge in [0.05, 0.1) is 39.5 Å². The summed E-state index contributed by atoms with van der Waals surface area (Å²) < 4.78 is 24.0. The van der Waals surface area contributed by atoms with E-state index < -0.39 is 0 Å². The van der Waals surface area contributed by atoms with E-state index in [0.717, 1.165) is 28.3 Å². The smallest absolute Gasteiger partial charge is 0.231 e. The van der Waals surface area contributed by atoms with Crippen LogP contribution in [-0.2, 0) is 24.3 Å². The van der Waals surface area contributed by atoms with Crippen molar-refractivity contribution in [3.63, 3.8) is 0 Å². The molecule has 158 valence electrons. The van der Waals surface area contributed by atoms with Crippen LogP contribution in [0.25, 0.3) is 11.5 Å². The van der Waals surface area contributed by atoms with Crippen molar-refractivity contribution in [2.75, 3.05) is 14.2 Å². The van der Waals surface area contributed by atoms with Crippen LogP contribution in [0.3, 0.4) is 0 Å². The second-order valence-corrected chi connectivity index (χ2v) is 7.14. The van der Waals surface area contributed by atoms with Gasteiger partial charge in [0.25, 0.3) is 0 Å². The molecule has 2 aromatic heterocycles. The van der Waals surface area contributed by atoms with Gasteiger partial charge in [0.15, 0.2) is 5.69 Å². The summed E-state index contributed by atoms with van der Waals surface area (Å²) >= 11 is 0. The van der Waals surface area contributed by atoms with Crippen LogP contribution < -0.4 is 9.47 Å². The molecule has 3 heterocycles. The lowest BCUT2D eigenvalue weighted by Crippen LogP contribution is -2.22. The van der Waals surface area contributed by atoms with E-state index in [1.165, 1.54) is 0 Å². The van der Waals surface area contributed by atoms with Crippen LogP contribution in [0.2, 0.25) is 0 Å². The zero-order valence-electron chi connectivity index (χ0n) is 17.2. The Kier molecular flexibility index (Phi) is 5.09. The van der Waals surface area contributed by atoms with Crippen molar-refractivity contribution in [1.82, 2.24) is 25.1 Å². The molecule has 0 radical (unpaired) electrons. The standard InChI is InChI=1S/C22H21N5O4/c1-28-16-9-7-14(8-10-16)19-12-27-17(13-30-19)21(24-26-27)22-23-20(31-25-22)11-15-5-3-4-6-18(15)29-2/h3-10,19H,11-13H2,1-2H3. The van der Waals surface area contributed by atoms with Crippen LogP contribution in [0.1, 0.15) is 28.8 Å². The molecule has 0 spiro atoms. The van der Waals surface area contributed by atoms with Gasteiger partial charge in [-0.3, -0.25) is 0 Å². The van der Waals surface area contributed by atoms with Crippen LogP contribution in [0, 0.1) is 0 Å². The number of methoxy groups -OCH3 is 2. The van der Waals surface area contributed by atoms with E-state index in [1.54, 1.807) is 14.2 Å². The summed E-state index contributed by atoms with van der Waals surface area (Å²) in [5.74, 6) is 2.47. The molecule has 4 aromatic rings. The van der Waals surface area contributed by atoms with Gasteiger partial charge in [-0.15, -0.1) is 5.10 Å². The topological polar surface area (TPSA) is 97.3 Å². The number of rotatable bonds is 6. The molecule has 1 atom stereocenters. The van der Waals surface area contributed by atoms with Gasteiger partial charge in [0, 0.05) is 5.56 Å². The first-order valence-corrected chi connectivity index (χ1v) is 9.88. The summed E-state index contributed by atoms with van der Waals surface area (Å²) in [6.45, 7) is 0.913. The van der Waals surface area contributed by atoms with E-state index in [1.807, 2.05) is 53.2 Å². The Morgan fingerprint density at radius 3 is 2.71 bits per heavy atom. The van der Waals surface area contributed by atoms with E-state index in [9.17, 15) is 0 Å². The molecule has 0 fully saturated rings. The Bertz CT molecular complexity index is 1180. The fourth-order valence-corrected chi connectivity index (χ4v) is 3.64. The van der Waals surface area contributed by atoms with Gasteiger partial charge >= 0.3 is 0 Å². The Hall–Kier alpha value is -3.72. The van der Waals surface area contributed by atoms with Gasteiger partial charge in [0.2, 0.25) is 11.7 Å². The first-order chi connectivity index (χ1) is 15.2. The van der Waals surface area contributed by atoms with Crippen LogP contribution in [0.15, 0.2) is 53.1 Å². The van der Waals surface area contributed by atoms with Crippen molar-refractivity contribution in [2.45, 2.75) is 25.7 Å². The molecule has 31 heavy (non-hydrogen) atoms. The van der Waals surface area contributed by atoms with Crippen molar-refractivity contribution in [2.24, 2.45) is 0 Å². The van der Waals surface area contributed by atoms with Crippen molar-refractivity contribution in [3.8, 4) is 23.0 Å². The molecule has 0 bridgehead atoms. The molecule has 2 aromatic carbocycles. The minimum atomic E-state index is -0.112. The number of ether oxygens (including phenoxy) is 3. The van der Waals surface area contributed by atoms with E-state index >= 15 is 0 Å². The molecule has 0 saturated heterocycles. The number of hydrogen-bond donors (Lipinski definition) is 0. The second kappa shape index (κ2) is 8.19. The number of fused-ring (bicyclic) bond motifs is 1. The fourth-order valence-electron chi connectivity index (χ4n) is 3.64. The molecular formula is C22H21N5O4. The third-order valence-electron chi connectivity index (χ3n) is 5.30. The second-order valence-electron chi connectivity index (χ2n) is 7.14. The van der Waals surface area contributed by atoms with Crippen molar-refractivity contribution in [3.05, 3.63) is 71.2 Å². The highest BCUT2D eigenvalue weighted by Crippen LogP contribution is 2.31. The van der Waals surface area contributed by atoms with Crippen molar-refractivity contribution in [1.29, 1.82) is 0 Å². The van der Waals surface area contributed by atoms with Gasteiger partial charge in [-0.05, 0) is 23.8 Å². The molecule has 9 nitrogen and oxygen atoms in total. The van der Waals surface area contributed by atoms with E-state index in [4.69, 9.17) is 18.7 Å². The lowest BCUT2D eigenvalue weighted by molar-refractivity contribution is -0.00114. The zero-order chi connectivity index (χ0) is 21.2. The Balaban J connectivity index is 1.34. The van der Waals surface area contributed by atoms with Crippen molar-refractivity contribution < 1.29 is 18.7 Å². The monoisotopic (exact) mass is 419 g/mol. The van der Waals surface area contributed by atoms with Crippen LogP contribution in [0.4, 0.5) is 0 Å². The fraction of sp³-hybridized carbons (Fsp3) is 0.273. The van der Waals surface area contributed by atoms with E-state index in [-0.39, 0.29) is 6.10 Å². The first kappa shape index (κ1) is 19.3. The lowest BCUT2D eigenvalue weighted by Gasteiger charge is -2.24. The molecule has 0 N–H and O–H groups in total. The third kappa shape index (κ3) is 3.75. The number of nitrogens with zero attached hydrogens (tertiary/aromatic N) is 5. The normalized spacial score (nSPS) is 15.5. The molecule has 1 unspecified atom stereocenters. The van der Waals surface area contributed by atoms with E-state index in [0.29, 0.717) is 37.0 Å². The summed E-state index contributed by atoms with van der Waals surface area (Å²) in [5.41, 5.74) is 3.43. The summed E-state index contributed by atoms with van der Waals surface area (Å²) in [7, 11) is 3.29. The molecular weight excluding hydrogens is 398 g/mol. The van der Waals surface area contributed by atoms with Gasteiger partial charge in [0.1, 0.15) is 17.6 Å². The molecule has 0 amide bonds. The molecule has 5 rings (SSSR count). The first-order valence-electron chi connectivity index (χ1n) is 9.88. The maximum Gasteiger partial charge on any atom is 0.231 e. The highest BCUT2D eigenvalue weighted by Gasteiger charge is 2.27. The molecule has 1 aliphatic rings. The lowest BCUT2D eigenvalue weighted by atomic mass is 10.1. The van der Waals surface area contributed by atoms with Crippen LogP contribution in [-0.4, -0.2) is 39.4 Å². The maximum absolute atomic E-state index is 6.07. The average molecular weight is 419 g/mol. The molecule has 1 aliphatic heterocycles. The highest BCUT2D eigenvalue weighted by atomic mass is 16.5. The third-order valence-corrected chi connectivity index (χ3v) is 5.30. The maximum atomic E-state index is 6.07. The van der Waals surface area contributed by atoms with E-state index in [2.05, 4.69) is 20.5 Å². The number of hydrogen-bond acceptors (Lipinski definition) is 8. The number of para-hydroxylation sites is 1. The molecule has 0 saturated carbocycles. The van der Waals surface area contributed by atoms with Gasteiger partial charge in [-0.2, -0.15) is 4.98 Å². The highest BCUT2D eigenvalue weighted by molar-refractivity contribution is 5.51. The van der Waals surface area contributed by atoms with Crippen molar-refractivity contribution >= 4 is 0 Å². The predicted octanol–water partition coefficient (Wildman–Crippen LogP) is 3.21. The summed E-state index contributed by atoms with van der Waals surface area (Å²) in [6.07, 6.45) is 0.357. The minimum absolute atomic E-state index is 0.112. The van der Waals surface area contributed by atoms with Crippen LogP contribution in [0.5, 0.6) is 11.5 Å². The number of benzene rings is 2. The predicted molar refractivity (Wildman–Crippen MR) is 110 cm³/mol. The summed E-state index contributed by atoms with van der Waals surface area (Å²) in [6, 6.07) is 15.6. The van der Waals surface area contributed by atoms with Crippen LogP contribution >= 0.6 is 0 Å². The Morgan fingerprint density at radius 1 is 1.06 bits per heavy atom. The zero-order valence-corrected chi connectivity index (χ0v) is 17.2. The van der Waals surface area contributed by atoms with Gasteiger partial charge in [-0.1, -0.05) is 40.7 Å². The van der Waals surface area contributed by atoms with Gasteiger partial charge < -0.3 is 18.7 Å². The van der Waals surface area contributed by atoms with Gasteiger partial charge in [-0.25, -0.2) is 4.68 Å². The quantitative estimate of drug-likeness (QED) is 0.470. The molecule has 9 heteroatoms. The summed E-state index contributed by atoms with van der Waals surface area (Å²) in [4.78, 5) is 4.51.